The number of hydrogen-bond acceptors (Lipinski definition) is 4. The first kappa shape index (κ1) is 13.0. The Bertz CT molecular complexity index is 544. The third kappa shape index (κ3) is 2.96. The number of piperidine rings is 1. The molecule has 1 aliphatic rings. The number of likely N-dealkylation sites (tertiary alicyclic amines) is 1. The highest BCUT2D eigenvalue weighted by atomic mass is 32.1. The van der Waals surface area contributed by atoms with Crippen LogP contribution < -0.4 is 0 Å². The van der Waals surface area contributed by atoms with Gasteiger partial charge in [0, 0.05) is 12.7 Å². The number of aliphatic hydroxyl groups excluding tert-OH is 1. The molecule has 0 aromatic carbocycles. The van der Waals surface area contributed by atoms with E-state index in [1.54, 1.807) is 11.3 Å². The van der Waals surface area contributed by atoms with Gasteiger partial charge in [-0.25, -0.2) is 0 Å². The fourth-order valence-electron chi connectivity index (χ4n) is 2.83. The molecule has 0 spiro atoms. The normalized spacial score (nSPS) is 19.9. The van der Waals surface area contributed by atoms with Gasteiger partial charge in [0.2, 0.25) is 0 Å². The van der Waals surface area contributed by atoms with E-state index < -0.39 is 0 Å². The summed E-state index contributed by atoms with van der Waals surface area (Å²) in [7, 11) is 0. The Morgan fingerprint density at radius 1 is 1.47 bits per heavy atom. The molecule has 2 aromatic heterocycles. The first-order valence-electron chi connectivity index (χ1n) is 6.95. The minimum Gasteiger partial charge on any atom is -0.393 e. The molecule has 4 heteroatoms. The summed E-state index contributed by atoms with van der Waals surface area (Å²) in [4.78, 5) is 6.96. The lowest BCUT2D eigenvalue weighted by molar-refractivity contribution is 0.0695. The Labute approximate surface area is 117 Å². The summed E-state index contributed by atoms with van der Waals surface area (Å²) in [5.74, 6) is 0.481. The van der Waals surface area contributed by atoms with Crippen molar-refractivity contribution < 1.29 is 5.11 Å². The Kier molecular flexibility index (Phi) is 3.82. The molecule has 0 aliphatic carbocycles. The van der Waals surface area contributed by atoms with Crippen LogP contribution in [0.25, 0.3) is 10.2 Å². The molecule has 0 bridgehead atoms. The molecule has 1 N–H and O–H groups in total. The van der Waals surface area contributed by atoms with Gasteiger partial charge < -0.3 is 5.11 Å². The van der Waals surface area contributed by atoms with Crippen molar-refractivity contribution in [1.29, 1.82) is 0 Å². The minimum absolute atomic E-state index is 0.161. The van der Waals surface area contributed by atoms with Crippen molar-refractivity contribution in [3.8, 4) is 0 Å². The van der Waals surface area contributed by atoms with Gasteiger partial charge in [0.25, 0.3) is 0 Å². The Morgan fingerprint density at radius 3 is 3.00 bits per heavy atom. The summed E-state index contributed by atoms with van der Waals surface area (Å²) in [6.45, 7) is 5.05. The van der Waals surface area contributed by atoms with Crippen LogP contribution in [0, 0.1) is 5.92 Å². The van der Waals surface area contributed by atoms with Gasteiger partial charge in [-0.2, -0.15) is 0 Å². The molecule has 102 valence electrons. The maximum Gasteiger partial charge on any atom is 0.0809 e. The van der Waals surface area contributed by atoms with E-state index in [0.29, 0.717) is 5.92 Å². The summed E-state index contributed by atoms with van der Waals surface area (Å²) in [5.41, 5.74) is 2.40. The molecule has 1 saturated heterocycles. The van der Waals surface area contributed by atoms with Gasteiger partial charge in [0.15, 0.2) is 0 Å². The Balaban J connectivity index is 1.62. The van der Waals surface area contributed by atoms with Crippen LogP contribution in [-0.2, 0) is 6.54 Å². The summed E-state index contributed by atoms with van der Waals surface area (Å²) >= 11 is 1.75. The molecule has 1 aliphatic heterocycles. The number of thiophene rings is 1. The lowest BCUT2D eigenvalue weighted by Crippen LogP contribution is -2.36. The quantitative estimate of drug-likeness (QED) is 0.936. The molecule has 0 saturated carbocycles. The van der Waals surface area contributed by atoms with Gasteiger partial charge in [0.1, 0.15) is 0 Å². The van der Waals surface area contributed by atoms with Crippen molar-refractivity contribution in [2.75, 3.05) is 13.1 Å². The van der Waals surface area contributed by atoms with Crippen molar-refractivity contribution in [3.63, 3.8) is 0 Å². The average Bonchev–Trinajstić information content (AvgIpc) is 2.87. The van der Waals surface area contributed by atoms with Gasteiger partial charge in [-0.15, -0.1) is 11.3 Å². The minimum atomic E-state index is -0.161. The number of pyridine rings is 1. The van der Waals surface area contributed by atoms with Crippen molar-refractivity contribution in [2.24, 2.45) is 5.92 Å². The van der Waals surface area contributed by atoms with Crippen molar-refractivity contribution >= 4 is 21.6 Å². The molecule has 1 atom stereocenters. The molecular weight excluding hydrogens is 256 g/mol. The first-order valence-corrected chi connectivity index (χ1v) is 7.83. The van der Waals surface area contributed by atoms with E-state index in [1.165, 1.54) is 10.3 Å². The number of rotatable bonds is 3. The van der Waals surface area contributed by atoms with E-state index in [0.717, 1.165) is 38.0 Å². The molecule has 2 aromatic rings. The second kappa shape index (κ2) is 5.57. The fraction of sp³-hybridized carbons (Fsp3) is 0.533. The van der Waals surface area contributed by atoms with Gasteiger partial charge >= 0.3 is 0 Å². The molecule has 0 radical (unpaired) electrons. The lowest BCUT2D eigenvalue weighted by Gasteiger charge is -2.33. The highest BCUT2D eigenvalue weighted by molar-refractivity contribution is 7.17. The number of nitrogens with zero attached hydrogens (tertiary/aromatic N) is 2. The van der Waals surface area contributed by atoms with Gasteiger partial charge in [-0.05, 0) is 61.8 Å². The van der Waals surface area contributed by atoms with E-state index in [-0.39, 0.29) is 6.10 Å². The zero-order valence-corrected chi connectivity index (χ0v) is 12.1. The van der Waals surface area contributed by atoms with Gasteiger partial charge in [-0.1, -0.05) is 0 Å². The monoisotopic (exact) mass is 276 g/mol. The van der Waals surface area contributed by atoms with Crippen LogP contribution >= 0.6 is 11.3 Å². The van der Waals surface area contributed by atoms with Crippen molar-refractivity contribution in [2.45, 2.75) is 32.4 Å². The third-order valence-corrected chi connectivity index (χ3v) is 4.93. The summed E-state index contributed by atoms with van der Waals surface area (Å²) in [6, 6.07) is 4.33. The Morgan fingerprint density at radius 2 is 2.26 bits per heavy atom. The standard InChI is InChI=1S/C15H20N2OS/c1-11(18)13-2-5-17(6-3-13)10-12-8-15-14(16-9-12)4-7-19-15/h4,7-9,11,13,18H,2-3,5-6,10H2,1H3. The highest BCUT2D eigenvalue weighted by Gasteiger charge is 2.22. The van der Waals surface area contributed by atoms with Gasteiger partial charge in [0.05, 0.1) is 16.3 Å². The largest absolute Gasteiger partial charge is 0.393 e. The van der Waals surface area contributed by atoms with Crippen molar-refractivity contribution in [3.05, 3.63) is 29.3 Å². The lowest BCUT2D eigenvalue weighted by atomic mass is 9.92. The van der Waals surface area contributed by atoms with Crippen molar-refractivity contribution in [1.82, 2.24) is 9.88 Å². The molecule has 3 rings (SSSR count). The van der Waals surface area contributed by atoms with Crippen LogP contribution in [0.5, 0.6) is 0 Å². The summed E-state index contributed by atoms with van der Waals surface area (Å²) in [5, 5.41) is 11.7. The zero-order chi connectivity index (χ0) is 13.2. The van der Waals surface area contributed by atoms with Crippen LogP contribution in [0.15, 0.2) is 23.7 Å². The zero-order valence-electron chi connectivity index (χ0n) is 11.2. The Hall–Kier alpha value is -0.970. The van der Waals surface area contributed by atoms with Crippen LogP contribution in [0.2, 0.25) is 0 Å². The predicted octanol–water partition coefficient (Wildman–Crippen LogP) is 2.89. The topological polar surface area (TPSA) is 36.4 Å². The molecular formula is C15H20N2OS. The first-order chi connectivity index (χ1) is 9.22. The molecule has 3 heterocycles. The predicted molar refractivity (Wildman–Crippen MR) is 79.3 cm³/mol. The second-order valence-electron chi connectivity index (χ2n) is 5.50. The maximum atomic E-state index is 9.62. The highest BCUT2D eigenvalue weighted by Crippen LogP contribution is 2.23. The van der Waals surface area contributed by atoms with Crippen LogP contribution in [0.3, 0.4) is 0 Å². The van der Waals surface area contributed by atoms with Crippen LogP contribution in [0.4, 0.5) is 0 Å². The summed E-state index contributed by atoms with van der Waals surface area (Å²) < 4.78 is 1.27. The SMILES string of the molecule is CC(O)C1CCN(Cc2cnc3ccsc3c2)CC1. The van der Waals surface area contributed by atoms with E-state index in [2.05, 4.69) is 27.4 Å². The van der Waals surface area contributed by atoms with Crippen LogP contribution in [-0.4, -0.2) is 34.2 Å². The number of hydrogen-bond donors (Lipinski definition) is 1. The molecule has 3 nitrogen and oxygen atoms in total. The third-order valence-electron chi connectivity index (χ3n) is 4.08. The number of fused-ring (bicyclic) bond motifs is 1. The smallest absolute Gasteiger partial charge is 0.0809 e. The van der Waals surface area contributed by atoms with E-state index in [1.807, 2.05) is 13.1 Å². The molecule has 1 fully saturated rings. The second-order valence-corrected chi connectivity index (χ2v) is 6.45. The maximum absolute atomic E-state index is 9.62. The summed E-state index contributed by atoms with van der Waals surface area (Å²) in [6.07, 6.45) is 4.04. The van der Waals surface area contributed by atoms with E-state index in [4.69, 9.17) is 0 Å². The van der Waals surface area contributed by atoms with Crippen LogP contribution in [0.1, 0.15) is 25.3 Å². The average molecular weight is 276 g/mol. The van der Waals surface area contributed by atoms with E-state index in [9.17, 15) is 5.11 Å². The molecule has 1 unspecified atom stereocenters. The number of aliphatic hydroxyl groups is 1. The molecule has 19 heavy (non-hydrogen) atoms. The molecule has 0 amide bonds. The van der Waals surface area contributed by atoms with E-state index >= 15 is 0 Å². The van der Waals surface area contributed by atoms with Gasteiger partial charge in [-0.3, -0.25) is 9.88 Å². The fourth-order valence-corrected chi connectivity index (χ4v) is 3.63. The number of aromatic nitrogens is 1.